The van der Waals surface area contributed by atoms with Crippen molar-refractivity contribution in [2.24, 2.45) is 0 Å². The number of halogens is 1. The van der Waals surface area contributed by atoms with Gasteiger partial charge in [-0.3, -0.25) is 4.79 Å². The summed E-state index contributed by atoms with van der Waals surface area (Å²) in [7, 11) is 1.59. The number of aromatic nitrogens is 1. The molecule has 1 N–H and O–H groups in total. The van der Waals surface area contributed by atoms with E-state index in [1.807, 2.05) is 37.3 Å². The lowest BCUT2D eigenvalue weighted by Crippen LogP contribution is -2.16. The molecule has 0 saturated heterocycles. The van der Waals surface area contributed by atoms with E-state index < -0.39 is 0 Å². The summed E-state index contributed by atoms with van der Waals surface area (Å²) in [5.74, 6) is 1.17. The van der Waals surface area contributed by atoms with Crippen LogP contribution in [0.3, 0.4) is 0 Å². The van der Waals surface area contributed by atoms with Crippen molar-refractivity contribution >= 4 is 27.7 Å². The third-order valence-electron chi connectivity index (χ3n) is 2.85. The number of rotatable bonds is 4. The molecule has 2 aromatic rings. The maximum Gasteiger partial charge on any atom is 0.230 e. The quantitative estimate of drug-likeness (QED) is 0.932. The van der Waals surface area contributed by atoms with E-state index in [1.54, 1.807) is 13.3 Å². The number of methoxy groups -OCH3 is 1. The Labute approximate surface area is 126 Å². The number of aryl methyl sites for hydroxylation is 1. The Morgan fingerprint density at radius 2 is 2.15 bits per heavy atom. The molecule has 0 fully saturated rings. The first-order valence-corrected chi connectivity index (χ1v) is 6.93. The van der Waals surface area contributed by atoms with Crippen LogP contribution in [0.5, 0.6) is 5.75 Å². The first kappa shape index (κ1) is 14.5. The lowest BCUT2D eigenvalue weighted by molar-refractivity contribution is -0.115. The Morgan fingerprint density at radius 3 is 2.85 bits per heavy atom. The molecular weight excluding hydrogens is 320 g/mol. The van der Waals surface area contributed by atoms with Crippen LogP contribution in [0.25, 0.3) is 0 Å². The van der Waals surface area contributed by atoms with Gasteiger partial charge in [-0.05, 0) is 40.5 Å². The van der Waals surface area contributed by atoms with Gasteiger partial charge < -0.3 is 10.1 Å². The molecule has 2 rings (SSSR count). The van der Waals surface area contributed by atoms with Crippen molar-refractivity contribution in [1.29, 1.82) is 0 Å². The lowest BCUT2D eigenvalue weighted by Gasteiger charge is -2.10. The van der Waals surface area contributed by atoms with Crippen molar-refractivity contribution in [3.8, 4) is 5.75 Å². The third-order valence-corrected chi connectivity index (χ3v) is 3.28. The average molecular weight is 335 g/mol. The summed E-state index contributed by atoms with van der Waals surface area (Å²) < 4.78 is 6.12. The molecule has 0 aliphatic heterocycles. The fourth-order valence-corrected chi connectivity index (χ4v) is 2.32. The van der Waals surface area contributed by atoms with Gasteiger partial charge in [-0.2, -0.15) is 0 Å². The zero-order valence-corrected chi connectivity index (χ0v) is 12.9. The Hall–Kier alpha value is -1.88. The maximum absolute atomic E-state index is 12.1. The van der Waals surface area contributed by atoms with Gasteiger partial charge in [-0.1, -0.05) is 18.2 Å². The molecule has 0 atom stereocenters. The van der Waals surface area contributed by atoms with Crippen LogP contribution in [0, 0.1) is 6.92 Å². The van der Waals surface area contributed by atoms with E-state index in [0.717, 1.165) is 15.6 Å². The number of carbonyl (C=O) groups is 1. The van der Waals surface area contributed by atoms with E-state index in [4.69, 9.17) is 4.74 Å². The molecule has 1 aromatic carbocycles. The number of ether oxygens (including phenoxy) is 1. The minimum absolute atomic E-state index is 0.118. The van der Waals surface area contributed by atoms with Crippen LogP contribution >= 0.6 is 15.9 Å². The van der Waals surface area contributed by atoms with E-state index in [1.165, 1.54) is 0 Å². The highest BCUT2D eigenvalue weighted by atomic mass is 79.9. The van der Waals surface area contributed by atoms with Crippen LogP contribution < -0.4 is 10.1 Å². The second kappa shape index (κ2) is 6.52. The monoisotopic (exact) mass is 334 g/mol. The summed E-state index contributed by atoms with van der Waals surface area (Å²) >= 11 is 3.34. The van der Waals surface area contributed by atoms with Gasteiger partial charge in [0.25, 0.3) is 0 Å². The molecule has 20 heavy (non-hydrogen) atoms. The number of hydrogen-bond acceptors (Lipinski definition) is 3. The van der Waals surface area contributed by atoms with Gasteiger partial charge in [-0.15, -0.1) is 0 Å². The summed E-state index contributed by atoms with van der Waals surface area (Å²) in [6.07, 6.45) is 1.91. The van der Waals surface area contributed by atoms with Crippen LogP contribution in [-0.2, 0) is 11.2 Å². The largest absolute Gasteiger partial charge is 0.496 e. The second-order valence-electron chi connectivity index (χ2n) is 4.36. The third kappa shape index (κ3) is 3.57. The highest BCUT2D eigenvalue weighted by molar-refractivity contribution is 9.10. The van der Waals surface area contributed by atoms with Crippen LogP contribution in [0.1, 0.15) is 11.1 Å². The van der Waals surface area contributed by atoms with Crippen molar-refractivity contribution in [1.82, 2.24) is 4.98 Å². The molecule has 1 amide bonds. The number of carbonyl (C=O) groups excluding carboxylic acids is 1. The Balaban J connectivity index is 2.09. The number of hydrogen-bond donors (Lipinski definition) is 1. The number of pyridine rings is 1. The molecule has 0 saturated carbocycles. The second-order valence-corrected chi connectivity index (χ2v) is 5.27. The standard InChI is InChI=1S/C15H15BrN2O2/c1-10-7-12(16)9-17-15(10)18-14(19)8-11-5-3-4-6-13(11)20-2/h3-7,9H,8H2,1-2H3,(H,17,18,19). The molecule has 0 spiro atoms. The molecule has 0 aliphatic carbocycles. The molecule has 0 unspecified atom stereocenters. The van der Waals surface area contributed by atoms with Gasteiger partial charge in [0.05, 0.1) is 13.5 Å². The normalized spacial score (nSPS) is 10.2. The van der Waals surface area contributed by atoms with Crippen LogP contribution in [-0.4, -0.2) is 18.0 Å². The van der Waals surface area contributed by atoms with E-state index in [-0.39, 0.29) is 12.3 Å². The van der Waals surface area contributed by atoms with Crippen molar-refractivity contribution in [3.05, 3.63) is 52.1 Å². The number of para-hydroxylation sites is 1. The first-order chi connectivity index (χ1) is 9.60. The SMILES string of the molecule is COc1ccccc1CC(=O)Nc1ncc(Br)cc1C. The topological polar surface area (TPSA) is 51.2 Å². The van der Waals surface area contributed by atoms with E-state index >= 15 is 0 Å². The van der Waals surface area contributed by atoms with E-state index in [9.17, 15) is 4.79 Å². The van der Waals surface area contributed by atoms with Crippen molar-refractivity contribution in [2.75, 3.05) is 12.4 Å². The van der Waals surface area contributed by atoms with E-state index in [0.29, 0.717) is 11.6 Å². The molecule has 0 radical (unpaired) electrons. The van der Waals surface area contributed by atoms with E-state index in [2.05, 4.69) is 26.2 Å². The van der Waals surface area contributed by atoms with Crippen LogP contribution in [0.2, 0.25) is 0 Å². The average Bonchev–Trinajstić information content (AvgIpc) is 2.42. The molecule has 0 bridgehead atoms. The summed E-state index contributed by atoms with van der Waals surface area (Å²) in [6, 6.07) is 9.38. The number of amides is 1. The smallest absolute Gasteiger partial charge is 0.230 e. The lowest BCUT2D eigenvalue weighted by atomic mass is 10.1. The predicted octanol–water partition coefficient (Wildman–Crippen LogP) is 3.34. The Morgan fingerprint density at radius 1 is 1.40 bits per heavy atom. The molecule has 1 aromatic heterocycles. The summed E-state index contributed by atoms with van der Waals surface area (Å²) in [4.78, 5) is 16.3. The van der Waals surface area contributed by atoms with Crippen LogP contribution in [0.15, 0.2) is 41.0 Å². The van der Waals surface area contributed by atoms with Crippen LogP contribution in [0.4, 0.5) is 5.82 Å². The summed E-state index contributed by atoms with van der Waals surface area (Å²) in [5.41, 5.74) is 1.76. The molecule has 5 heteroatoms. The fourth-order valence-electron chi connectivity index (χ4n) is 1.87. The van der Waals surface area contributed by atoms with Gasteiger partial charge in [-0.25, -0.2) is 4.98 Å². The van der Waals surface area contributed by atoms with Crippen molar-refractivity contribution in [2.45, 2.75) is 13.3 Å². The molecule has 104 valence electrons. The molecule has 1 heterocycles. The Kier molecular flexibility index (Phi) is 4.74. The van der Waals surface area contributed by atoms with Gasteiger partial charge in [0.15, 0.2) is 0 Å². The maximum atomic E-state index is 12.1. The van der Waals surface area contributed by atoms with Crippen molar-refractivity contribution in [3.63, 3.8) is 0 Å². The zero-order chi connectivity index (χ0) is 14.5. The molecule has 4 nitrogen and oxygen atoms in total. The van der Waals surface area contributed by atoms with Gasteiger partial charge in [0, 0.05) is 16.2 Å². The molecular formula is C15H15BrN2O2. The highest BCUT2D eigenvalue weighted by Crippen LogP contribution is 2.20. The molecule has 0 aliphatic rings. The van der Waals surface area contributed by atoms with Gasteiger partial charge in [0.2, 0.25) is 5.91 Å². The fraction of sp³-hybridized carbons (Fsp3) is 0.200. The number of nitrogens with zero attached hydrogens (tertiary/aromatic N) is 1. The summed E-state index contributed by atoms with van der Waals surface area (Å²) in [5, 5.41) is 2.81. The highest BCUT2D eigenvalue weighted by Gasteiger charge is 2.10. The van der Waals surface area contributed by atoms with Gasteiger partial charge in [0.1, 0.15) is 11.6 Å². The number of benzene rings is 1. The zero-order valence-electron chi connectivity index (χ0n) is 11.3. The minimum Gasteiger partial charge on any atom is -0.496 e. The Bertz CT molecular complexity index is 629. The first-order valence-electron chi connectivity index (χ1n) is 6.14. The minimum atomic E-state index is -0.118. The summed E-state index contributed by atoms with van der Waals surface area (Å²) in [6.45, 7) is 1.90. The number of nitrogens with one attached hydrogen (secondary N) is 1. The number of anilines is 1. The predicted molar refractivity (Wildman–Crippen MR) is 82.0 cm³/mol. The van der Waals surface area contributed by atoms with Crippen molar-refractivity contribution < 1.29 is 9.53 Å². The van der Waals surface area contributed by atoms with Gasteiger partial charge >= 0.3 is 0 Å².